The van der Waals surface area contributed by atoms with E-state index in [0.29, 0.717) is 0 Å². The molecule has 0 spiro atoms. The number of nitrogens with zero attached hydrogens (tertiary/aromatic N) is 2. The molecule has 0 atom stereocenters. The van der Waals surface area contributed by atoms with Gasteiger partial charge in [-0.1, -0.05) is 38.1 Å². The Hall–Kier alpha value is -1.46. The van der Waals surface area contributed by atoms with Gasteiger partial charge < -0.3 is 5.73 Å². The van der Waals surface area contributed by atoms with Crippen molar-refractivity contribution in [2.45, 2.75) is 33.2 Å². The molecule has 20 heavy (non-hydrogen) atoms. The summed E-state index contributed by atoms with van der Waals surface area (Å²) in [5.41, 5.74) is 10.2. The normalized spacial score (nSPS) is 11.2. The molecule has 0 unspecified atom stereocenters. The van der Waals surface area contributed by atoms with Crippen LogP contribution < -0.4 is 11.2 Å². The third-order valence-electron chi connectivity index (χ3n) is 2.85. The molecule has 0 saturated heterocycles. The van der Waals surface area contributed by atoms with Gasteiger partial charge in [-0.25, -0.2) is 0 Å². The molecule has 0 aliphatic rings. The van der Waals surface area contributed by atoms with Gasteiger partial charge in [0.05, 0.1) is 6.21 Å². The Morgan fingerprint density at radius 2 is 1.85 bits per heavy atom. The Morgan fingerprint density at radius 3 is 2.35 bits per heavy atom. The van der Waals surface area contributed by atoms with E-state index in [-0.39, 0.29) is 5.11 Å². The summed E-state index contributed by atoms with van der Waals surface area (Å²) in [6.45, 7) is 7.74. The van der Waals surface area contributed by atoms with E-state index in [1.807, 2.05) is 0 Å². The number of rotatable bonds is 8. The Balaban J connectivity index is 2.56. The highest BCUT2D eigenvalue weighted by Gasteiger charge is 2.03. The van der Waals surface area contributed by atoms with Crippen LogP contribution in [0.1, 0.15) is 37.8 Å². The standard InChI is InChI=1S/C15H24N4S/c1-3-9-19(10-4-2)12-14-7-5-13(6-8-14)11-17-18-15(16)20/h5-8,11H,3-4,9-10,12H2,1-2H3,(H3,16,18,20). The Kier molecular flexibility index (Phi) is 7.84. The third kappa shape index (κ3) is 6.63. The SMILES string of the molecule is CCCN(CCC)Cc1ccc(C=NNC(N)=S)cc1. The van der Waals surface area contributed by atoms with Gasteiger partial charge >= 0.3 is 0 Å². The van der Waals surface area contributed by atoms with E-state index in [1.54, 1.807) is 6.21 Å². The van der Waals surface area contributed by atoms with E-state index in [0.717, 1.165) is 25.2 Å². The number of nitrogens with two attached hydrogens (primary N) is 1. The summed E-state index contributed by atoms with van der Waals surface area (Å²) < 4.78 is 0. The highest BCUT2D eigenvalue weighted by Crippen LogP contribution is 2.07. The molecule has 0 heterocycles. The minimum absolute atomic E-state index is 0.174. The van der Waals surface area contributed by atoms with E-state index in [1.165, 1.54) is 18.4 Å². The summed E-state index contributed by atoms with van der Waals surface area (Å²) in [5.74, 6) is 0. The Bertz CT molecular complexity index is 422. The van der Waals surface area contributed by atoms with Crippen LogP contribution in [0.2, 0.25) is 0 Å². The minimum atomic E-state index is 0.174. The lowest BCUT2D eigenvalue weighted by molar-refractivity contribution is 0.266. The second kappa shape index (κ2) is 9.44. The van der Waals surface area contributed by atoms with Gasteiger partial charge in [0, 0.05) is 6.54 Å². The van der Waals surface area contributed by atoms with Crippen molar-refractivity contribution < 1.29 is 0 Å². The maximum Gasteiger partial charge on any atom is 0.184 e. The molecule has 0 bridgehead atoms. The fourth-order valence-electron chi connectivity index (χ4n) is 2.04. The Labute approximate surface area is 127 Å². The van der Waals surface area contributed by atoms with Crippen molar-refractivity contribution in [3.8, 4) is 0 Å². The number of thiocarbonyl (C=S) groups is 1. The van der Waals surface area contributed by atoms with Crippen molar-refractivity contribution >= 4 is 23.5 Å². The van der Waals surface area contributed by atoms with Gasteiger partial charge in [-0.05, 0) is 49.3 Å². The molecule has 5 heteroatoms. The number of hydrogen-bond acceptors (Lipinski definition) is 3. The summed E-state index contributed by atoms with van der Waals surface area (Å²) in [7, 11) is 0. The lowest BCUT2D eigenvalue weighted by atomic mass is 10.1. The van der Waals surface area contributed by atoms with Crippen LogP contribution in [0.3, 0.4) is 0 Å². The first-order valence-corrected chi connectivity index (χ1v) is 7.46. The predicted octanol–water partition coefficient (Wildman–Crippen LogP) is 2.48. The maximum absolute atomic E-state index is 5.29. The molecule has 0 amide bonds. The van der Waals surface area contributed by atoms with Crippen molar-refractivity contribution in [1.82, 2.24) is 10.3 Å². The average Bonchev–Trinajstić information content (AvgIpc) is 2.41. The zero-order valence-corrected chi connectivity index (χ0v) is 13.1. The van der Waals surface area contributed by atoms with Gasteiger partial charge in [0.15, 0.2) is 5.11 Å². The minimum Gasteiger partial charge on any atom is -0.375 e. The third-order valence-corrected chi connectivity index (χ3v) is 2.95. The molecule has 0 fully saturated rings. The topological polar surface area (TPSA) is 53.6 Å². The zero-order chi connectivity index (χ0) is 14.8. The van der Waals surface area contributed by atoms with E-state index in [2.05, 4.69) is 65.8 Å². The van der Waals surface area contributed by atoms with Crippen LogP contribution in [0.15, 0.2) is 29.4 Å². The maximum atomic E-state index is 5.29. The predicted molar refractivity (Wildman–Crippen MR) is 89.8 cm³/mol. The lowest BCUT2D eigenvalue weighted by Gasteiger charge is -2.20. The smallest absolute Gasteiger partial charge is 0.184 e. The van der Waals surface area contributed by atoms with Crippen LogP contribution in [0.5, 0.6) is 0 Å². The quantitative estimate of drug-likeness (QED) is 0.439. The molecule has 0 radical (unpaired) electrons. The van der Waals surface area contributed by atoms with Gasteiger partial charge in [0.25, 0.3) is 0 Å². The number of nitrogens with one attached hydrogen (secondary N) is 1. The fourth-order valence-corrected chi connectivity index (χ4v) is 2.09. The number of hydrazone groups is 1. The van der Waals surface area contributed by atoms with Crippen molar-refractivity contribution in [3.63, 3.8) is 0 Å². The van der Waals surface area contributed by atoms with Crippen LogP contribution >= 0.6 is 12.2 Å². The molecule has 1 rings (SSSR count). The molecule has 110 valence electrons. The van der Waals surface area contributed by atoms with Crippen molar-refractivity contribution in [2.75, 3.05) is 13.1 Å². The number of hydrogen-bond donors (Lipinski definition) is 2. The van der Waals surface area contributed by atoms with E-state index < -0.39 is 0 Å². The molecule has 0 saturated carbocycles. The molecule has 1 aromatic carbocycles. The van der Waals surface area contributed by atoms with Crippen molar-refractivity contribution in [3.05, 3.63) is 35.4 Å². The van der Waals surface area contributed by atoms with Gasteiger partial charge in [-0.2, -0.15) is 5.10 Å². The molecule has 0 aliphatic carbocycles. The summed E-state index contributed by atoms with van der Waals surface area (Å²) in [6, 6.07) is 8.38. The van der Waals surface area contributed by atoms with Crippen molar-refractivity contribution in [1.29, 1.82) is 0 Å². The fraction of sp³-hybridized carbons (Fsp3) is 0.467. The molecule has 3 N–H and O–H groups in total. The average molecular weight is 292 g/mol. The summed E-state index contributed by atoms with van der Waals surface area (Å²) in [4.78, 5) is 2.48. The monoisotopic (exact) mass is 292 g/mol. The van der Waals surface area contributed by atoms with Gasteiger partial charge in [-0.15, -0.1) is 0 Å². The highest BCUT2D eigenvalue weighted by molar-refractivity contribution is 7.80. The van der Waals surface area contributed by atoms with Crippen LogP contribution in [-0.2, 0) is 6.54 Å². The van der Waals surface area contributed by atoms with Gasteiger partial charge in [0.1, 0.15) is 0 Å². The van der Waals surface area contributed by atoms with Gasteiger partial charge in [0.2, 0.25) is 0 Å². The van der Waals surface area contributed by atoms with Crippen LogP contribution in [0, 0.1) is 0 Å². The summed E-state index contributed by atoms with van der Waals surface area (Å²) in [6.07, 6.45) is 4.09. The van der Waals surface area contributed by atoms with Crippen molar-refractivity contribution in [2.24, 2.45) is 10.8 Å². The van der Waals surface area contributed by atoms with Crippen LogP contribution in [-0.4, -0.2) is 29.3 Å². The van der Waals surface area contributed by atoms with Gasteiger partial charge in [-0.3, -0.25) is 10.3 Å². The summed E-state index contributed by atoms with van der Waals surface area (Å²) >= 11 is 4.68. The molecule has 4 nitrogen and oxygen atoms in total. The second-order valence-corrected chi connectivity index (χ2v) is 5.19. The van der Waals surface area contributed by atoms with Crippen LogP contribution in [0.4, 0.5) is 0 Å². The zero-order valence-electron chi connectivity index (χ0n) is 12.3. The number of benzene rings is 1. The van der Waals surface area contributed by atoms with E-state index >= 15 is 0 Å². The van der Waals surface area contributed by atoms with E-state index in [4.69, 9.17) is 5.73 Å². The first kappa shape index (κ1) is 16.6. The summed E-state index contributed by atoms with van der Waals surface area (Å²) in [5, 5.41) is 4.11. The molecule has 0 aliphatic heterocycles. The van der Waals surface area contributed by atoms with Crippen LogP contribution in [0.25, 0.3) is 0 Å². The first-order chi connectivity index (χ1) is 9.65. The second-order valence-electron chi connectivity index (χ2n) is 4.75. The first-order valence-electron chi connectivity index (χ1n) is 7.05. The molecular weight excluding hydrogens is 268 g/mol. The molecule has 0 aromatic heterocycles. The largest absolute Gasteiger partial charge is 0.375 e. The molecule has 1 aromatic rings. The van der Waals surface area contributed by atoms with E-state index in [9.17, 15) is 0 Å². The molecular formula is C15H24N4S. The highest BCUT2D eigenvalue weighted by atomic mass is 32.1. The lowest BCUT2D eigenvalue weighted by Crippen LogP contribution is -2.24. The Morgan fingerprint density at radius 1 is 1.25 bits per heavy atom.